The average molecular weight is 493 g/mol. The minimum absolute atomic E-state index is 0. The number of hydrogen-bond acceptors (Lipinski definition) is 3. The minimum atomic E-state index is 0. The van der Waals surface area contributed by atoms with Gasteiger partial charge in [0.1, 0.15) is 0 Å². The Balaban J connectivity index is 0.00000280. The predicted molar refractivity (Wildman–Crippen MR) is 127 cm³/mol. The molecule has 152 valence electrons. The zero-order chi connectivity index (χ0) is 18.7. The third kappa shape index (κ3) is 7.39. The summed E-state index contributed by atoms with van der Waals surface area (Å²) in [5.41, 5.74) is 3.70. The van der Waals surface area contributed by atoms with E-state index in [1.165, 1.54) is 43.5 Å². The number of nitrogens with one attached hydrogen (secondary N) is 2. The second-order valence-corrected chi connectivity index (χ2v) is 6.98. The summed E-state index contributed by atoms with van der Waals surface area (Å²) in [5.74, 6) is 0.830. The molecule has 1 aromatic carbocycles. The number of halogens is 1. The van der Waals surface area contributed by atoms with Gasteiger partial charge in [-0.2, -0.15) is 0 Å². The molecule has 2 N–H and O–H groups in total. The molecule has 0 unspecified atom stereocenters. The zero-order valence-electron chi connectivity index (χ0n) is 16.7. The molecule has 0 atom stereocenters. The predicted octanol–water partition coefficient (Wildman–Crippen LogP) is 3.94. The number of aliphatic imine (C=N–C) groups is 1. The van der Waals surface area contributed by atoms with Crippen LogP contribution in [0.4, 0.5) is 0 Å². The van der Waals surface area contributed by atoms with Gasteiger partial charge < -0.3 is 10.6 Å². The monoisotopic (exact) mass is 493 g/mol. The van der Waals surface area contributed by atoms with E-state index in [1.54, 1.807) is 0 Å². The van der Waals surface area contributed by atoms with Gasteiger partial charge in [-0.1, -0.05) is 36.8 Å². The van der Waals surface area contributed by atoms with Gasteiger partial charge in [0.15, 0.2) is 5.96 Å². The first kappa shape index (κ1) is 22.6. The van der Waals surface area contributed by atoms with Crippen LogP contribution in [0.25, 0.3) is 0 Å². The maximum Gasteiger partial charge on any atom is 0.191 e. The van der Waals surface area contributed by atoms with Gasteiger partial charge in [-0.15, -0.1) is 24.0 Å². The summed E-state index contributed by atoms with van der Waals surface area (Å²) in [5, 5.41) is 6.70. The van der Waals surface area contributed by atoms with E-state index in [-0.39, 0.29) is 24.0 Å². The maximum atomic E-state index is 4.80. The second kappa shape index (κ2) is 12.7. The normalized spacial score (nSPS) is 15.0. The molecule has 5 nitrogen and oxygen atoms in total. The number of guanidine groups is 1. The van der Waals surface area contributed by atoms with E-state index < -0.39 is 0 Å². The topological polar surface area (TPSA) is 52.6 Å². The number of hydrogen-bond donors (Lipinski definition) is 2. The van der Waals surface area contributed by atoms with Gasteiger partial charge in [-0.25, -0.2) is 4.99 Å². The Morgan fingerprint density at radius 2 is 1.75 bits per heavy atom. The van der Waals surface area contributed by atoms with Gasteiger partial charge in [0, 0.05) is 19.3 Å². The first-order valence-corrected chi connectivity index (χ1v) is 10.1. The summed E-state index contributed by atoms with van der Waals surface area (Å²) in [4.78, 5) is 11.7. The Labute approximate surface area is 186 Å². The molecule has 6 heteroatoms. The smallest absolute Gasteiger partial charge is 0.191 e. The van der Waals surface area contributed by atoms with Crippen molar-refractivity contribution >= 4 is 29.9 Å². The van der Waals surface area contributed by atoms with Crippen molar-refractivity contribution in [3.05, 3.63) is 65.5 Å². The van der Waals surface area contributed by atoms with Crippen LogP contribution < -0.4 is 10.6 Å². The van der Waals surface area contributed by atoms with Crippen LogP contribution in [0.5, 0.6) is 0 Å². The number of likely N-dealkylation sites (tertiary alicyclic amines) is 1. The SMILES string of the molecule is CCNC(=NCc1ccccc1CN1CCCCC1)NCc1ccccn1.I. The molecule has 3 rings (SSSR count). The highest BCUT2D eigenvalue weighted by Gasteiger charge is 2.12. The fourth-order valence-corrected chi connectivity index (χ4v) is 3.41. The molecule has 28 heavy (non-hydrogen) atoms. The Hall–Kier alpha value is -1.67. The molecule has 1 aliphatic heterocycles. The molecule has 1 aliphatic rings. The summed E-state index contributed by atoms with van der Waals surface area (Å²) in [7, 11) is 0. The standard InChI is InChI=1S/C22H31N5.HI/c1-2-23-22(26-17-21-12-6-7-13-24-21)25-16-19-10-4-5-11-20(19)18-27-14-8-3-9-15-27;/h4-7,10-13H,2-3,8-9,14-18H2,1H3,(H2,23,25,26);1H. The zero-order valence-corrected chi connectivity index (χ0v) is 19.1. The summed E-state index contributed by atoms with van der Waals surface area (Å²) >= 11 is 0. The van der Waals surface area contributed by atoms with Crippen LogP contribution in [0.2, 0.25) is 0 Å². The molecule has 2 heterocycles. The molecule has 1 saturated heterocycles. The fourth-order valence-electron chi connectivity index (χ4n) is 3.41. The van der Waals surface area contributed by atoms with Crippen LogP contribution in [0.1, 0.15) is 43.0 Å². The third-order valence-electron chi connectivity index (χ3n) is 4.88. The molecule has 0 spiro atoms. The number of nitrogens with zero attached hydrogens (tertiary/aromatic N) is 3. The summed E-state index contributed by atoms with van der Waals surface area (Å²) < 4.78 is 0. The Kier molecular flexibility index (Phi) is 10.3. The van der Waals surface area contributed by atoms with Crippen molar-refractivity contribution < 1.29 is 0 Å². The third-order valence-corrected chi connectivity index (χ3v) is 4.88. The lowest BCUT2D eigenvalue weighted by molar-refractivity contribution is 0.220. The lowest BCUT2D eigenvalue weighted by Gasteiger charge is -2.27. The van der Waals surface area contributed by atoms with Gasteiger partial charge in [0.25, 0.3) is 0 Å². The van der Waals surface area contributed by atoms with Gasteiger partial charge in [-0.3, -0.25) is 9.88 Å². The lowest BCUT2D eigenvalue weighted by Crippen LogP contribution is -2.37. The average Bonchev–Trinajstić information content (AvgIpc) is 2.72. The van der Waals surface area contributed by atoms with Gasteiger partial charge >= 0.3 is 0 Å². The molecule has 0 saturated carbocycles. The van der Waals surface area contributed by atoms with Crippen LogP contribution in [0.15, 0.2) is 53.7 Å². The lowest BCUT2D eigenvalue weighted by atomic mass is 10.1. The first-order valence-electron chi connectivity index (χ1n) is 10.1. The van der Waals surface area contributed by atoms with Crippen molar-refractivity contribution in [3.8, 4) is 0 Å². The molecule has 0 radical (unpaired) electrons. The number of aromatic nitrogens is 1. The Bertz CT molecular complexity index is 714. The minimum Gasteiger partial charge on any atom is -0.357 e. The molecule has 0 bridgehead atoms. The van der Waals surface area contributed by atoms with Crippen molar-refractivity contribution in [2.45, 2.75) is 45.8 Å². The molecule has 1 fully saturated rings. The van der Waals surface area contributed by atoms with E-state index >= 15 is 0 Å². The Morgan fingerprint density at radius 1 is 1.00 bits per heavy atom. The number of piperidine rings is 1. The number of pyridine rings is 1. The van der Waals surface area contributed by atoms with E-state index in [0.29, 0.717) is 13.1 Å². The summed E-state index contributed by atoms with van der Waals surface area (Å²) in [6, 6.07) is 14.6. The van der Waals surface area contributed by atoms with Crippen molar-refractivity contribution in [1.29, 1.82) is 0 Å². The molecular weight excluding hydrogens is 461 g/mol. The van der Waals surface area contributed by atoms with E-state index in [9.17, 15) is 0 Å². The number of benzene rings is 1. The first-order chi connectivity index (χ1) is 13.3. The molecule has 1 aromatic heterocycles. The number of rotatable bonds is 7. The van der Waals surface area contributed by atoms with Crippen molar-refractivity contribution in [2.24, 2.45) is 4.99 Å². The highest BCUT2D eigenvalue weighted by molar-refractivity contribution is 14.0. The van der Waals surface area contributed by atoms with E-state index in [2.05, 4.69) is 51.7 Å². The quantitative estimate of drug-likeness (QED) is 0.349. The molecule has 0 amide bonds. The van der Waals surface area contributed by atoms with Crippen LogP contribution in [0.3, 0.4) is 0 Å². The van der Waals surface area contributed by atoms with Crippen molar-refractivity contribution in [3.63, 3.8) is 0 Å². The second-order valence-electron chi connectivity index (χ2n) is 6.98. The highest BCUT2D eigenvalue weighted by Crippen LogP contribution is 2.16. The van der Waals surface area contributed by atoms with Gasteiger partial charge in [0.2, 0.25) is 0 Å². The molecule has 0 aliphatic carbocycles. The molecular formula is C22H32IN5. The molecule has 2 aromatic rings. The Morgan fingerprint density at radius 3 is 2.46 bits per heavy atom. The summed E-state index contributed by atoms with van der Waals surface area (Å²) in [6.45, 7) is 7.73. The van der Waals surface area contributed by atoms with Gasteiger partial charge in [-0.05, 0) is 56.1 Å². The van der Waals surface area contributed by atoms with E-state index in [0.717, 1.165) is 24.7 Å². The van der Waals surface area contributed by atoms with Crippen molar-refractivity contribution in [2.75, 3.05) is 19.6 Å². The largest absolute Gasteiger partial charge is 0.357 e. The summed E-state index contributed by atoms with van der Waals surface area (Å²) in [6.07, 6.45) is 5.83. The van der Waals surface area contributed by atoms with E-state index in [1.807, 2.05) is 24.4 Å². The van der Waals surface area contributed by atoms with Crippen LogP contribution in [-0.4, -0.2) is 35.5 Å². The van der Waals surface area contributed by atoms with Gasteiger partial charge in [0.05, 0.1) is 18.8 Å². The van der Waals surface area contributed by atoms with Crippen LogP contribution >= 0.6 is 24.0 Å². The van der Waals surface area contributed by atoms with Crippen molar-refractivity contribution in [1.82, 2.24) is 20.5 Å². The van der Waals surface area contributed by atoms with E-state index in [4.69, 9.17) is 4.99 Å². The fraction of sp³-hybridized carbons (Fsp3) is 0.455. The maximum absolute atomic E-state index is 4.80. The van der Waals surface area contributed by atoms with Crippen LogP contribution in [-0.2, 0) is 19.6 Å². The van der Waals surface area contributed by atoms with Crippen LogP contribution in [0, 0.1) is 0 Å². The highest BCUT2D eigenvalue weighted by atomic mass is 127.